The number of piperazine rings is 1. The fourth-order valence-electron chi connectivity index (χ4n) is 2.88. The molecule has 0 bridgehead atoms. The van der Waals surface area contributed by atoms with Crippen molar-refractivity contribution in [2.75, 3.05) is 26.2 Å². The second-order valence-electron chi connectivity index (χ2n) is 6.10. The summed E-state index contributed by atoms with van der Waals surface area (Å²) >= 11 is 0. The third-order valence-electron chi connectivity index (χ3n) is 3.60. The van der Waals surface area contributed by atoms with Gasteiger partial charge in [-0.05, 0) is 17.5 Å². The zero-order chi connectivity index (χ0) is 12.5. The lowest BCUT2D eigenvalue weighted by molar-refractivity contribution is 0.0810. The van der Waals surface area contributed by atoms with Crippen LogP contribution in [0.25, 0.3) is 0 Å². The number of rotatable bonds is 2. The van der Waals surface area contributed by atoms with Gasteiger partial charge in [-0.3, -0.25) is 4.90 Å². The van der Waals surface area contributed by atoms with Gasteiger partial charge in [0.25, 0.3) is 0 Å². The van der Waals surface area contributed by atoms with Crippen molar-refractivity contribution in [2.24, 2.45) is 12.5 Å². The van der Waals surface area contributed by atoms with Crippen LogP contribution in [0.2, 0.25) is 0 Å². The first-order chi connectivity index (χ1) is 8.00. The smallest absolute Gasteiger partial charge is 0.0549 e. The van der Waals surface area contributed by atoms with Crippen LogP contribution in [0, 0.1) is 5.41 Å². The van der Waals surface area contributed by atoms with Crippen LogP contribution < -0.4 is 5.32 Å². The first-order valence-electron chi connectivity index (χ1n) is 6.56. The highest BCUT2D eigenvalue weighted by molar-refractivity contribution is 5.85. The Morgan fingerprint density at radius 2 is 1.74 bits per heavy atom. The second kappa shape index (κ2) is 7.53. The van der Waals surface area contributed by atoms with Crippen molar-refractivity contribution in [3.8, 4) is 0 Å². The lowest BCUT2D eigenvalue weighted by Crippen LogP contribution is -2.48. The highest BCUT2D eigenvalue weighted by Crippen LogP contribution is 2.37. The molecule has 3 nitrogen and oxygen atoms in total. The number of halogens is 2. The Morgan fingerprint density at radius 1 is 1.16 bits per heavy atom. The van der Waals surface area contributed by atoms with Crippen LogP contribution in [0.1, 0.15) is 32.5 Å². The van der Waals surface area contributed by atoms with Gasteiger partial charge in [-0.1, -0.05) is 20.8 Å². The van der Waals surface area contributed by atoms with Crippen LogP contribution in [0.3, 0.4) is 0 Å². The molecule has 0 aliphatic carbocycles. The van der Waals surface area contributed by atoms with E-state index < -0.39 is 0 Å². The van der Waals surface area contributed by atoms with Crippen molar-refractivity contribution in [3.63, 3.8) is 0 Å². The normalized spacial score (nSPS) is 18.3. The first-order valence-corrected chi connectivity index (χ1v) is 6.56. The van der Waals surface area contributed by atoms with Crippen LogP contribution in [-0.4, -0.2) is 35.6 Å². The summed E-state index contributed by atoms with van der Waals surface area (Å²) in [5, 5.41) is 3.43. The summed E-state index contributed by atoms with van der Waals surface area (Å²) in [7, 11) is 2.15. The Balaban J connectivity index is 0.00000162. The minimum absolute atomic E-state index is 0. The summed E-state index contributed by atoms with van der Waals surface area (Å²) < 4.78 is 2.26. The van der Waals surface area contributed by atoms with Crippen LogP contribution in [-0.2, 0) is 7.05 Å². The summed E-state index contributed by atoms with van der Waals surface area (Å²) in [4.78, 5) is 2.62. The SMILES string of the molecule is Cl.Cl.Cn1cccc1[C@H](N1CCNCC1)C(C)(C)C. The molecule has 0 unspecified atom stereocenters. The van der Waals surface area contributed by atoms with Gasteiger partial charge >= 0.3 is 0 Å². The number of nitrogens with one attached hydrogen (secondary N) is 1. The van der Waals surface area contributed by atoms with E-state index in [1.807, 2.05) is 0 Å². The molecule has 1 atom stereocenters. The summed E-state index contributed by atoms with van der Waals surface area (Å²) in [6.07, 6.45) is 2.15. The molecule has 1 aliphatic rings. The zero-order valence-electron chi connectivity index (χ0n) is 12.3. The van der Waals surface area contributed by atoms with Crippen molar-refractivity contribution >= 4 is 24.8 Å². The minimum atomic E-state index is 0. The molecule has 0 amide bonds. The van der Waals surface area contributed by atoms with E-state index in [2.05, 4.69) is 60.9 Å². The number of aryl methyl sites for hydroxylation is 1. The molecule has 5 heteroatoms. The maximum absolute atomic E-state index is 3.43. The van der Waals surface area contributed by atoms with E-state index in [1.165, 1.54) is 5.69 Å². The van der Waals surface area contributed by atoms with Gasteiger partial charge in [0.05, 0.1) is 6.04 Å². The fourth-order valence-corrected chi connectivity index (χ4v) is 2.88. The van der Waals surface area contributed by atoms with Crippen molar-refractivity contribution < 1.29 is 0 Å². The van der Waals surface area contributed by atoms with E-state index in [1.54, 1.807) is 0 Å². The zero-order valence-corrected chi connectivity index (χ0v) is 14.0. The van der Waals surface area contributed by atoms with Gasteiger partial charge in [0.15, 0.2) is 0 Å². The molecule has 1 saturated heterocycles. The largest absolute Gasteiger partial charge is 0.353 e. The van der Waals surface area contributed by atoms with Gasteiger partial charge in [-0.25, -0.2) is 0 Å². The maximum Gasteiger partial charge on any atom is 0.0549 e. The topological polar surface area (TPSA) is 20.2 Å². The molecule has 1 aliphatic heterocycles. The molecule has 1 aromatic rings. The quantitative estimate of drug-likeness (QED) is 0.906. The van der Waals surface area contributed by atoms with Crippen molar-refractivity contribution in [3.05, 3.63) is 24.0 Å². The molecule has 2 rings (SSSR count). The summed E-state index contributed by atoms with van der Waals surface area (Å²) in [5.41, 5.74) is 1.70. The molecule has 2 heterocycles. The lowest BCUT2D eigenvalue weighted by atomic mass is 9.83. The van der Waals surface area contributed by atoms with Crippen molar-refractivity contribution in [2.45, 2.75) is 26.8 Å². The molecule has 0 saturated carbocycles. The van der Waals surface area contributed by atoms with Crippen molar-refractivity contribution in [1.82, 2.24) is 14.8 Å². The standard InChI is InChI=1S/C14H25N3.2ClH/c1-14(2,3)13(12-6-5-9-16(12)4)17-10-7-15-8-11-17;;/h5-6,9,13,15H,7-8,10-11H2,1-4H3;2*1H/t13-;;/m0../s1. The second-order valence-corrected chi connectivity index (χ2v) is 6.10. The molecule has 1 N–H and O–H groups in total. The predicted octanol–water partition coefficient (Wildman–Crippen LogP) is 2.86. The van der Waals surface area contributed by atoms with E-state index in [0.717, 1.165) is 26.2 Å². The lowest BCUT2D eigenvalue weighted by Gasteiger charge is -2.42. The van der Waals surface area contributed by atoms with E-state index in [0.29, 0.717) is 6.04 Å². The highest BCUT2D eigenvalue weighted by Gasteiger charge is 2.33. The molecular formula is C14H27Cl2N3. The Kier molecular flexibility index (Phi) is 7.45. The Morgan fingerprint density at radius 3 is 2.16 bits per heavy atom. The average Bonchev–Trinajstić information content (AvgIpc) is 2.65. The Bertz CT molecular complexity index is 365. The van der Waals surface area contributed by atoms with Crippen LogP contribution >= 0.6 is 24.8 Å². The van der Waals surface area contributed by atoms with E-state index in [4.69, 9.17) is 0 Å². The molecule has 0 spiro atoms. The van der Waals surface area contributed by atoms with Gasteiger partial charge in [0.1, 0.15) is 0 Å². The highest BCUT2D eigenvalue weighted by atomic mass is 35.5. The van der Waals surface area contributed by atoms with E-state index >= 15 is 0 Å². The molecule has 1 aromatic heterocycles. The number of nitrogens with zero attached hydrogens (tertiary/aromatic N) is 2. The van der Waals surface area contributed by atoms with Crippen LogP contribution in [0.4, 0.5) is 0 Å². The first kappa shape index (κ1) is 18.8. The van der Waals surface area contributed by atoms with Gasteiger partial charge < -0.3 is 9.88 Å². The van der Waals surface area contributed by atoms with Gasteiger partial charge in [-0.15, -0.1) is 24.8 Å². The summed E-state index contributed by atoms with van der Waals surface area (Å²) in [6, 6.07) is 4.92. The van der Waals surface area contributed by atoms with Crippen LogP contribution in [0.15, 0.2) is 18.3 Å². The van der Waals surface area contributed by atoms with Gasteiger partial charge in [0.2, 0.25) is 0 Å². The molecule has 0 aromatic carbocycles. The minimum Gasteiger partial charge on any atom is -0.353 e. The maximum atomic E-state index is 3.43. The predicted molar refractivity (Wildman–Crippen MR) is 86.5 cm³/mol. The third kappa shape index (κ3) is 4.38. The van der Waals surface area contributed by atoms with Gasteiger partial charge in [0, 0.05) is 45.1 Å². The fraction of sp³-hybridized carbons (Fsp3) is 0.714. The molecule has 1 fully saturated rings. The number of hydrogen-bond acceptors (Lipinski definition) is 2. The Hall–Kier alpha value is -0.220. The Labute approximate surface area is 129 Å². The molecule has 19 heavy (non-hydrogen) atoms. The van der Waals surface area contributed by atoms with E-state index in [9.17, 15) is 0 Å². The average molecular weight is 308 g/mol. The molecule has 112 valence electrons. The third-order valence-corrected chi connectivity index (χ3v) is 3.60. The molecule has 0 radical (unpaired) electrons. The van der Waals surface area contributed by atoms with Crippen LogP contribution in [0.5, 0.6) is 0 Å². The number of hydrogen-bond donors (Lipinski definition) is 1. The monoisotopic (exact) mass is 307 g/mol. The van der Waals surface area contributed by atoms with Gasteiger partial charge in [-0.2, -0.15) is 0 Å². The van der Waals surface area contributed by atoms with E-state index in [-0.39, 0.29) is 30.2 Å². The van der Waals surface area contributed by atoms with Crippen molar-refractivity contribution in [1.29, 1.82) is 0 Å². The summed E-state index contributed by atoms with van der Waals surface area (Å²) in [5.74, 6) is 0. The molecular weight excluding hydrogens is 281 g/mol. The number of aromatic nitrogens is 1. The summed E-state index contributed by atoms with van der Waals surface area (Å²) in [6.45, 7) is 11.5.